The van der Waals surface area contributed by atoms with Gasteiger partial charge in [-0.05, 0) is 93.1 Å². The Balaban J connectivity index is 1.33. The molecule has 1 aromatic heterocycles. The lowest BCUT2D eigenvalue weighted by Gasteiger charge is -2.41. The molecule has 210 valence electrons. The first-order valence-electron chi connectivity index (χ1n) is 14.5. The Kier molecular flexibility index (Phi) is 7.36. The Morgan fingerprint density at radius 2 is 2.02 bits per heavy atom. The van der Waals surface area contributed by atoms with Gasteiger partial charge in [0.15, 0.2) is 0 Å². The molecule has 8 nitrogen and oxygen atoms in total. The quantitative estimate of drug-likeness (QED) is 0.466. The van der Waals surface area contributed by atoms with Crippen molar-refractivity contribution >= 4 is 22.5 Å². The van der Waals surface area contributed by atoms with E-state index in [2.05, 4.69) is 48.5 Å². The van der Waals surface area contributed by atoms with Gasteiger partial charge in [0.2, 0.25) is 5.91 Å². The maximum atomic E-state index is 12.3. The molecule has 3 atom stereocenters. The number of anilines is 1. The fourth-order valence-electron chi connectivity index (χ4n) is 6.77. The second-order valence-corrected chi connectivity index (χ2v) is 11.6. The van der Waals surface area contributed by atoms with E-state index >= 15 is 0 Å². The molecule has 3 aliphatic rings. The van der Waals surface area contributed by atoms with Gasteiger partial charge in [-0.3, -0.25) is 4.79 Å². The molecule has 8 heteroatoms. The number of phenolic OH excluding ortho intramolecular Hbond substituents is 1. The number of rotatable bonds is 6. The third kappa shape index (κ3) is 5.12. The van der Waals surface area contributed by atoms with E-state index in [0.717, 1.165) is 49.1 Å². The van der Waals surface area contributed by atoms with Gasteiger partial charge in [0.05, 0.1) is 5.69 Å². The topological polar surface area (TPSA) is 82.0 Å². The number of benzene rings is 2. The lowest BCUT2D eigenvalue weighted by molar-refractivity contribution is -0.126. The van der Waals surface area contributed by atoms with E-state index in [1.54, 1.807) is 0 Å². The van der Waals surface area contributed by atoms with Crippen LogP contribution in [0, 0.1) is 0 Å². The van der Waals surface area contributed by atoms with Crippen molar-refractivity contribution in [3.63, 3.8) is 0 Å². The van der Waals surface area contributed by atoms with Crippen molar-refractivity contribution in [3.8, 4) is 11.8 Å². The second-order valence-electron chi connectivity index (χ2n) is 11.6. The van der Waals surface area contributed by atoms with Crippen LogP contribution in [0.5, 0.6) is 11.8 Å². The first-order chi connectivity index (χ1) is 19.4. The summed E-state index contributed by atoms with van der Waals surface area (Å²) in [5, 5.41) is 12.7. The monoisotopic (exact) mass is 541 g/mol. The van der Waals surface area contributed by atoms with Crippen LogP contribution in [0.3, 0.4) is 0 Å². The highest BCUT2D eigenvalue weighted by Gasteiger charge is 2.33. The van der Waals surface area contributed by atoms with Crippen LogP contribution in [0.15, 0.2) is 49.1 Å². The van der Waals surface area contributed by atoms with Gasteiger partial charge < -0.3 is 24.5 Å². The van der Waals surface area contributed by atoms with Crippen molar-refractivity contribution in [1.82, 2.24) is 19.8 Å². The van der Waals surface area contributed by atoms with Crippen LogP contribution in [-0.2, 0) is 17.6 Å². The Hall–Kier alpha value is -3.65. The molecule has 2 saturated heterocycles. The summed E-state index contributed by atoms with van der Waals surface area (Å²) < 4.78 is 6.29. The maximum absolute atomic E-state index is 12.3. The van der Waals surface area contributed by atoms with E-state index in [4.69, 9.17) is 14.7 Å². The van der Waals surface area contributed by atoms with Gasteiger partial charge in [0, 0.05) is 37.3 Å². The number of piperazine rings is 1. The van der Waals surface area contributed by atoms with Crippen molar-refractivity contribution in [3.05, 3.63) is 65.9 Å². The minimum Gasteiger partial charge on any atom is -0.508 e. The molecule has 1 aliphatic carbocycles. The molecule has 6 rings (SSSR count). The number of carbonyl (C=O) groups is 1. The molecule has 3 aromatic rings. The summed E-state index contributed by atoms with van der Waals surface area (Å²) in [6, 6.07) is 12.9. The van der Waals surface area contributed by atoms with E-state index < -0.39 is 0 Å². The van der Waals surface area contributed by atoms with Gasteiger partial charge in [0.1, 0.15) is 18.2 Å². The third-order valence-corrected chi connectivity index (χ3v) is 9.01. The van der Waals surface area contributed by atoms with Crippen molar-refractivity contribution in [2.75, 3.05) is 44.7 Å². The van der Waals surface area contributed by atoms with E-state index in [-0.39, 0.29) is 17.9 Å². The molecular formula is C32H39N5O3. The minimum absolute atomic E-state index is 0.0258. The molecule has 1 N–H and O–H groups in total. The van der Waals surface area contributed by atoms with Gasteiger partial charge >= 0.3 is 6.01 Å². The highest BCUT2D eigenvalue weighted by molar-refractivity contribution is 5.88. The summed E-state index contributed by atoms with van der Waals surface area (Å²) in [6.45, 7) is 9.45. The van der Waals surface area contributed by atoms with E-state index in [1.165, 1.54) is 29.0 Å². The Morgan fingerprint density at radius 1 is 1.18 bits per heavy atom. The fourth-order valence-corrected chi connectivity index (χ4v) is 6.77. The van der Waals surface area contributed by atoms with Crippen LogP contribution in [0.2, 0.25) is 0 Å². The highest BCUT2D eigenvalue weighted by Crippen LogP contribution is 2.40. The average molecular weight is 542 g/mol. The fraction of sp³-hybridized carbons (Fsp3) is 0.469. The first-order valence-corrected chi connectivity index (χ1v) is 14.5. The molecule has 3 heterocycles. The number of aromatic nitrogens is 2. The number of nitrogens with zero attached hydrogens (tertiary/aromatic N) is 5. The van der Waals surface area contributed by atoms with Crippen molar-refractivity contribution in [1.29, 1.82) is 0 Å². The van der Waals surface area contributed by atoms with Crippen LogP contribution >= 0.6 is 0 Å². The van der Waals surface area contributed by atoms with Crippen LogP contribution in [0.4, 0.5) is 5.82 Å². The molecule has 0 saturated carbocycles. The number of ether oxygens (including phenoxy) is 1. The van der Waals surface area contributed by atoms with Gasteiger partial charge in [0.25, 0.3) is 0 Å². The SMILES string of the molecule is C=CC(=O)N1CCN(c2nc(OCC3CCCN3C)nc3c2CCC(c2cc(O)cc4ccccc24)C3)C(C)C1. The number of amides is 1. The van der Waals surface area contributed by atoms with Crippen molar-refractivity contribution in [2.24, 2.45) is 0 Å². The van der Waals surface area contributed by atoms with Crippen LogP contribution in [0.25, 0.3) is 10.8 Å². The van der Waals surface area contributed by atoms with Crippen LogP contribution < -0.4 is 9.64 Å². The minimum atomic E-state index is -0.0258. The second kappa shape index (κ2) is 11.1. The number of carbonyl (C=O) groups excluding carboxylic acids is 1. The summed E-state index contributed by atoms with van der Waals surface area (Å²) in [6.07, 6.45) is 6.27. The van der Waals surface area contributed by atoms with Crippen LogP contribution in [-0.4, -0.2) is 82.7 Å². The number of hydrogen-bond acceptors (Lipinski definition) is 7. The molecule has 0 bridgehead atoms. The lowest BCUT2D eigenvalue weighted by Crippen LogP contribution is -2.54. The average Bonchev–Trinajstić information content (AvgIpc) is 3.38. The molecule has 1 amide bonds. The standard InChI is InChI=1S/C32H39N5O3/c1-4-30(39)36-14-15-37(21(2)19-36)31-27-12-11-23(28-18-25(38)16-22-8-5-6-10-26(22)28)17-29(27)33-32(34-31)40-20-24-9-7-13-35(24)3/h4-6,8,10,16,18,21,23-24,38H,1,7,9,11-15,17,19-20H2,2-3H3. The highest BCUT2D eigenvalue weighted by atomic mass is 16.5. The molecule has 2 aromatic carbocycles. The van der Waals surface area contributed by atoms with E-state index in [0.29, 0.717) is 44.0 Å². The normalized spacial score (nSPS) is 23.3. The molecular weight excluding hydrogens is 502 g/mol. The summed E-state index contributed by atoms with van der Waals surface area (Å²) in [5.41, 5.74) is 3.38. The third-order valence-electron chi connectivity index (χ3n) is 9.01. The Labute approximate surface area is 236 Å². The molecule has 2 aliphatic heterocycles. The van der Waals surface area contributed by atoms with Crippen molar-refractivity contribution < 1.29 is 14.6 Å². The number of likely N-dealkylation sites (tertiary alicyclic amines) is 1. The van der Waals surface area contributed by atoms with Gasteiger partial charge in [-0.1, -0.05) is 30.8 Å². The number of phenols is 1. The largest absolute Gasteiger partial charge is 0.508 e. The summed E-state index contributed by atoms with van der Waals surface area (Å²) in [5.74, 6) is 1.45. The first kappa shape index (κ1) is 26.6. The Bertz CT molecular complexity index is 1430. The summed E-state index contributed by atoms with van der Waals surface area (Å²) >= 11 is 0. The van der Waals surface area contributed by atoms with Crippen molar-refractivity contribution in [2.45, 2.75) is 57.0 Å². The summed E-state index contributed by atoms with van der Waals surface area (Å²) in [7, 11) is 2.15. The number of likely N-dealkylation sites (N-methyl/N-ethyl adjacent to an activating group) is 1. The lowest BCUT2D eigenvalue weighted by atomic mass is 9.80. The smallest absolute Gasteiger partial charge is 0.318 e. The molecule has 0 radical (unpaired) electrons. The number of hydrogen-bond donors (Lipinski definition) is 1. The van der Waals surface area contributed by atoms with E-state index in [9.17, 15) is 9.90 Å². The zero-order valence-corrected chi connectivity index (χ0v) is 23.6. The van der Waals surface area contributed by atoms with Gasteiger partial charge in [-0.25, -0.2) is 0 Å². The zero-order valence-electron chi connectivity index (χ0n) is 23.6. The maximum Gasteiger partial charge on any atom is 0.318 e. The molecule has 0 spiro atoms. The zero-order chi connectivity index (χ0) is 27.8. The van der Waals surface area contributed by atoms with Gasteiger partial charge in [-0.2, -0.15) is 9.97 Å². The number of fused-ring (bicyclic) bond motifs is 2. The van der Waals surface area contributed by atoms with Crippen LogP contribution in [0.1, 0.15) is 48.9 Å². The molecule has 40 heavy (non-hydrogen) atoms. The van der Waals surface area contributed by atoms with E-state index in [1.807, 2.05) is 23.1 Å². The predicted octanol–water partition coefficient (Wildman–Crippen LogP) is 4.30. The molecule has 3 unspecified atom stereocenters. The number of aromatic hydroxyl groups is 1. The van der Waals surface area contributed by atoms with Gasteiger partial charge in [-0.15, -0.1) is 0 Å². The predicted molar refractivity (Wildman–Crippen MR) is 157 cm³/mol. The molecule has 2 fully saturated rings. The Morgan fingerprint density at radius 3 is 2.80 bits per heavy atom. The summed E-state index contributed by atoms with van der Waals surface area (Å²) in [4.78, 5) is 28.8.